The zero-order valence-electron chi connectivity index (χ0n) is 5.89. The number of nitrogens with zero attached hydrogens (tertiary/aromatic N) is 1. The number of hydrogen-bond donors (Lipinski definition) is 1. The summed E-state index contributed by atoms with van der Waals surface area (Å²) in [7, 11) is 1.83. The first kappa shape index (κ1) is 7.90. The predicted molar refractivity (Wildman–Crippen MR) is 39.4 cm³/mol. The molecule has 0 aliphatic heterocycles. The lowest BCUT2D eigenvalue weighted by atomic mass is 10.6. The molecule has 0 bridgehead atoms. The molecule has 0 aromatic rings. The second-order valence-corrected chi connectivity index (χ2v) is 1.52. The Labute approximate surface area is 56.5 Å². The first-order chi connectivity index (χ1) is 4.35. The quantitative estimate of drug-likeness (QED) is 0.437. The summed E-state index contributed by atoms with van der Waals surface area (Å²) in [5.41, 5.74) is 0. The lowest BCUT2D eigenvalue weighted by molar-refractivity contribution is 0.564. The average Bonchev–Trinajstić information content (AvgIpc) is 1.91. The van der Waals surface area contributed by atoms with E-state index in [4.69, 9.17) is 6.42 Å². The average molecular weight is 124 g/mol. The molecule has 2 nitrogen and oxygen atoms in total. The summed E-state index contributed by atoms with van der Waals surface area (Å²) in [6.07, 6.45) is 8.74. The summed E-state index contributed by atoms with van der Waals surface area (Å²) < 4.78 is 0. The summed E-state index contributed by atoms with van der Waals surface area (Å²) in [4.78, 5) is 1.75. The van der Waals surface area contributed by atoms with Gasteiger partial charge in [0.25, 0.3) is 0 Å². The fraction of sp³-hybridized carbons (Fsp3) is 0.429. The Bertz CT molecular complexity index is 121. The van der Waals surface area contributed by atoms with Crippen LogP contribution in [0.25, 0.3) is 0 Å². The van der Waals surface area contributed by atoms with Gasteiger partial charge in [-0.2, -0.15) is 0 Å². The van der Waals surface area contributed by atoms with Crippen molar-refractivity contribution in [3.63, 3.8) is 0 Å². The van der Waals surface area contributed by atoms with E-state index in [2.05, 4.69) is 11.4 Å². The summed E-state index contributed by atoms with van der Waals surface area (Å²) in [5, 5.41) is 2.85. The van der Waals surface area contributed by atoms with Gasteiger partial charge in [0.2, 0.25) is 0 Å². The standard InChI is InChI=1S/C7H12N2/c1-4-9(5-2)7-6-8-3/h1,6-8H,5H2,2-3H3/b7-6-. The van der Waals surface area contributed by atoms with E-state index in [0.29, 0.717) is 0 Å². The molecule has 0 atom stereocenters. The fourth-order valence-corrected chi connectivity index (χ4v) is 0.404. The highest BCUT2D eigenvalue weighted by Gasteiger charge is 1.83. The molecule has 0 aromatic heterocycles. The maximum Gasteiger partial charge on any atom is 0.0282 e. The van der Waals surface area contributed by atoms with Crippen molar-refractivity contribution in [2.45, 2.75) is 6.92 Å². The number of rotatable bonds is 3. The van der Waals surface area contributed by atoms with E-state index in [1.54, 1.807) is 11.1 Å². The topological polar surface area (TPSA) is 15.3 Å². The molecule has 2 heteroatoms. The molecule has 0 saturated carbocycles. The van der Waals surface area contributed by atoms with Crippen LogP contribution in [0.5, 0.6) is 0 Å². The van der Waals surface area contributed by atoms with Gasteiger partial charge in [-0.05, 0) is 6.92 Å². The van der Waals surface area contributed by atoms with E-state index in [-0.39, 0.29) is 0 Å². The monoisotopic (exact) mass is 124 g/mol. The molecule has 0 aliphatic carbocycles. The minimum atomic E-state index is 0.842. The van der Waals surface area contributed by atoms with E-state index in [1.165, 1.54) is 0 Å². The van der Waals surface area contributed by atoms with Crippen LogP contribution in [-0.4, -0.2) is 18.5 Å². The van der Waals surface area contributed by atoms with Crippen LogP contribution < -0.4 is 5.32 Å². The second kappa shape index (κ2) is 5.04. The van der Waals surface area contributed by atoms with Gasteiger partial charge in [0, 0.05) is 32.0 Å². The minimum Gasteiger partial charge on any atom is -0.393 e. The van der Waals surface area contributed by atoms with Crippen molar-refractivity contribution in [1.82, 2.24) is 10.2 Å². The number of terminal acetylenes is 1. The largest absolute Gasteiger partial charge is 0.393 e. The smallest absolute Gasteiger partial charge is 0.0282 e. The number of hydrogen-bond acceptors (Lipinski definition) is 2. The second-order valence-electron chi connectivity index (χ2n) is 1.52. The lowest BCUT2D eigenvalue weighted by Crippen LogP contribution is -2.09. The number of nitrogens with one attached hydrogen (secondary N) is 1. The Kier molecular flexibility index (Phi) is 4.43. The predicted octanol–water partition coefficient (Wildman–Crippen LogP) is 0.590. The molecular weight excluding hydrogens is 112 g/mol. The Balaban J connectivity index is 3.58. The van der Waals surface area contributed by atoms with Gasteiger partial charge in [-0.3, -0.25) is 0 Å². The molecule has 1 N–H and O–H groups in total. The van der Waals surface area contributed by atoms with Crippen LogP contribution in [0.2, 0.25) is 0 Å². The van der Waals surface area contributed by atoms with E-state index in [9.17, 15) is 0 Å². The SMILES string of the molecule is C#CN(/C=C\NC)CC. The summed E-state index contributed by atoms with van der Waals surface area (Å²) in [5.74, 6) is 0. The maximum absolute atomic E-state index is 5.12. The van der Waals surface area contributed by atoms with E-state index >= 15 is 0 Å². The third-order valence-corrected chi connectivity index (χ3v) is 0.928. The molecule has 0 amide bonds. The van der Waals surface area contributed by atoms with Crippen LogP contribution in [0.4, 0.5) is 0 Å². The van der Waals surface area contributed by atoms with Crippen molar-refractivity contribution in [3.8, 4) is 12.5 Å². The first-order valence-corrected chi connectivity index (χ1v) is 2.92. The first-order valence-electron chi connectivity index (χ1n) is 2.92. The Morgan fingerprint density at radius 1 is 1.78 bits per heavy atom. The molecule has 0 aliphatic rings. The molecule has 0 unspecified atom stereocenters. The fourth-order valence-electron chi connectivity index (χ4n) is 0.404. The van der Waals surface area contributed by atoms with Crippen LogP contribution in [0, 0.1) is 12.5 Å². The highest BCUT2D eigenvalue weighted by molar-refractivity contribution is 4.93. The van der Waals surface area contributed by atoms with Crippen LogP contribution >= 0.6 is 0 Å². The highest BCUT2D eigenvalue weighted by atomic mass is 15.1. The molecule has 0 saturated heterocycles. The Morgan fingerprint density at radius 3 is 2.78 bits per heavy atom. The highest BCUT2D eigenvalue weighted by Crippen LogP contribution is 1.82. The molecule has 0 aromatic carbocycles. The van der Waals surface area contributed by atoms with Crippen molar-refractivity contribution in [2.24, 2.45) is 0 Å². The third kappa shape index (κ3) is 3.48. The molecule has 0 rings (SSSR count). The van der Waals surface area contributed by atoms with Crippen molar-refractivity contribution >= 4 is 0 Å². The maximum atomic E-state index is 5.12. The third-order valence-electron chi connectivity index (χ3n) is 0.928. The molecule has 0 fully saturated rings. The molecule has 0 spiro atoms. The summed E-state index contributed by atoms with van der Waals surface area (Å²) in [6, 6.07) is 2.49. The van der Waals surface area contributed by atoms with Crippen LogP contribution in [-0.2, 0) is 0 Å². The van der Waals surface area contributed by atoms with Gasteiger partial charge < -0.3 is 10.2 Å². The molecule has 0 radical (unpaired) electrons. The van der Waals surface area contributed by atoms with Gasteiger partial charge in [-0.1, -0.05) is 6.42 Å². The minimum absolute atomic E-state index is 0.842. The lowest BCUT2D eigenvalue weighted by Gasteiger charge is -2.06. The molecule has 9 heavy (non-hydrogen) atoms. The van der Waals surface area contributed by atoms with Crippen LogP contribution in [0.3, 0.4) is 0 Å². The Morgan fingerprint density at radius 2 is 2.44 bits per heavy atom. The zero-order valence-corrected chi connectivity index (χ0v) is 5.89. The summed E-state index contributed by atoms with van der Waals surface area (Å²) in [6.45, 7) is 2.84. The van der Waals surface area contributed by atoms with Crippen molar-refractivity contribution in [3.05, 3.63) is 12.4 Å². The molecule has 50 valence electrons. The van der Waals surface area contributed by atoms with Gasteiger partial charge in [0.15, 0.2) is 0 Å². The van der Waals surface area contributed by atoms with Gasteiger partial charge in [0.05, 0.1) is 0 Å². The van der Waals surface area contributed by atoms with Crippen molar-refractivity contribution in [1.29, 1.82) is 0 Å². The van der Waals surface area contributed by atoms with Gasteiger partial charge in [0.1, 0.15) is 0 Å². The van der Waals surface area contributed by atoms with Gasteiger partial charge in [-0.15, -0.1) is 0 Å². The van der Waals surface area contributed by atoms with Crippen LogP contribution in [0.1, 0.15) is 6.92 Å². The molecule has 0 heterocycles. The van der Waals surface area contributed by atoms with Gasteiger partial charge >= 0.3 is 0 Å². The van der Waals surface area contributed by atoms with Gasteiger partial charge in [-0.25, -0.2) is 0 Å². The van der Waals surface area contributed by atoms with Crippen LogP contribution in [0.15, 0.2) is 12.4 Å². The van der Waals surface area contributed by atoms with E-state index in [0.717, 1.165) is 6.54 Å². The normalized spacial score (nSPS) is 9.00. The summed E-state index contributed by atoms with van der Waals surface area (Å²) >= 11 is 0. The van der Waals surface area contributed by atoms with Crippen molar-refractivity contribution in [2.75, 3.05) is 13.6 Å². The van der Waals surface area contributed by atoms with Crippen molar-refractivity contribution < 1.29 is 0 Å². The van der Waals surface area contributed by atoms with E-state index in [1.807, 2.05) is 20.2 Å². The van der Waals surface area contributed by atoms with E-state index < -0.39 is 0 Å². The zero-order chi connectivity index (χ0) is 7.11. The Hall–Kier alpha value is -1.10. The molecular formula is C7H12N2.